The van der Waals surface area contributed by atoms with Gasteiger partial charge in [0.25, 0.3) is 0 Å². The van der Waals surface area contributed by atoms with Gasteiger partial charge >= 0.3 is 6.18 Å². The molecule has 1 aromatic carbocycles. The number of halogens is 3. The van der Waals surface area contributed by atoms with Crippen LogP contribution in [0.5, 0.6) is 0 Å². The average Bonchev–Trinajstić information content (AvgIpc) is 2.45. The maximum absolute atomic E-state index is 12.4. The summed E-state index contributed by atoms with van der Waals surface area (Å²) < 4.78 is 42.0. The van der Waals surface area contributed by atoms with Crippen molar-refractivity contribution >= 4 is 0 Å². The lowest BCUT2D eigenvalue weighted by molar-refractivity contribution is -0.219. The first-order valence-corrected chi connectivity index (χ1v) is 4.26. The van der Waals surface area contributed by atoms with Gasteiger partial charge in [-0.2, -0.15) is 13.2 Å². The zero-order valence-electron chi connectivity index (χ0n) is 7.56. The molecule has 0 radical (unpaired) electrons. The molecule has 0 spiro atoms. The van der Waals surface area contributed by atoms with Gasteiger partial charge in [0.2, 0.25) is 0 Å². The molecule has 1 heterocycles. The van der Waals surface area contributed by atoms with E-state index in [2.05, 4.69) is 0 Å². The van der Waals surface area contributed by atoms with E-state index in [4.69, 9.17) is 4.74 Å². The highest BCUT2D eigenvalue weighted by Crippen LogP contribution is 2.42. The van der Waals surface area contributed by atoms with E-state index in [-0.39, 0.29) is 12.2 Å². The van der Waals surface area contributed by atoms with Crippen LogP contribution in [-0.2, 0) is 11.3 Å². The number of benzene rings is 1. The Balaban J connectivity index is 2.41. The summed E-state index contributed by atoms with van der Waals surface area (Å²) in [6.45, 7) is 1.91. The molecule has 0 amide bonds. The maximum Gasteiger partial charge on any atom is 0.418 e. The fourth-order valence-corrected chi connectivity index (χ4v) is 1.65. The smallest absolute Gasteiger partial charge is 0.359 e. The maximum atomic E-state index is 12.4. The van der Waals surface area contributed by atoms with Crippen molar-refractivity contribution in [2.45, 2.75) is 25.8 Å². The molecule has 1 aromatic rings. The second-order valence-corrected chi connectivity index (χ2v) is 3.43. The molecular formula is C10H9F3O. The number of hydrogen-bond donors (Lipinski definition) is 0. The number of aryl methyl sites for hydroxylation is 1. The molecule has 0 saturated heterocycles. The summed E-state index contributed by atoms with van der Waals surface area (Å²) in [6.07, 6.45) is -6.04. The van der Waals surface area contributed by atoms with Crippen molar-refractivity contribution in [3.05, 3.63) is 34.9 Å². The van der Waals surface area contributed by atoms with Crippen molar-refractivity contribution in [2.75, 3.05) is 0 Å². The van der Waals surface area contributed by atoms with Crippen molar-refractivity contribution < 1.29 is 17.9 Å². The van der Waals surface area contributed by atoms with E-state index >= 15 is 0 Å². The normalized spacial score (nSPS) is 21.0. The topological polar surface area (TPSA) is 9.23 Å². The highest BCUT2D eigenvalue weighted by Gasteiger charge is 2.45. The van der Waals surface area contributed by atoms with Crippen LogP contribution in [0.3, 0.4) is 0 Å². The Morgan fingerprint density at radius 1 is 1.36 bits per heavy atom. The lowest BCUT2D eigenvalue weighted by Gasteiger charge is -2.14. The first-order chi connectivity index (χ1) is 6.48. The molecule has 0 saturated carbocycles. The standard InChI is InChI=1S/C10H9F3O/c1-6-2-3-8-7(4-6)5-14-9(8)10(11,12)13/h2-4,9H,5H2,1H3. The Bertz CT molecular complexity index is 357. The molecule has 1 atom stereocenters. The van der Waals surface area contributed by atoms with Crippen molar-refractivity contribution in [1.82, 2.24) is 0 Å². The molecule has 0 aromatic heterocycles. The Kier molecular flexibility index (Phi) is 2.03. The van der Waals surface area contributed by atoms with Gasteiger partial charge in [0, 0.05) is 0 Å². The highest BCUT2D eigenvalue weighted by molar-refractivity contribution is 5.35. The van der Waals surface area contributed by atoms with E-state index in [1.807, 2.05) is 6.92 Å². The Labute approximate surface area is 79.5 Å². The van der Waals surface area contributed by atoms with Crippen LogP contribution in [0, 0.1) is 6.92 Å². The minimum absolute atomic E-state index is 0.0567. The zero-order chi connectivity index (χ0) is 10.3. The first-order valence-electron chi connectivity index (χ1n) is 4.26. The van der Waals surface area contributed by atoms with Gasteiger partial charge in [-0.3, -0.25) is 0 Å². The molecule has 1 unspecified atom stereocenters. The highest BCUT2D eigenvalue weighted by atomic mass is 19.4. The van der Waals surface area contributed by atoms with Gasteiger partial charge in [-0.25, -0.2) is 0 Å². The molecule has 1 aliphatic rings. The van der Waals surface area contributed by atoms with Crippen LogP contribution in [-0.4, -0.2) is 6.18 Å². The third kappa shape index (κ3) is 1.50. The Hall–Kier alpha value is -1.03. The lowest BCUT2D eigenvalue weighted by Crippen LogP contribution is -2.19. The molecule has 14 heavy (non-hydrogen) atoms. The molecule has 1 aliphatic heterocycles. The molecule has 4 heteroatoms. The third-order valence-electron chi connectivity index (χ3n) is 2.28. The molecule has 0 bridgehead atoms. The number of hydrogen-bond acceptors (Lipinski definition) is 1. The first kappa shape index (κ1) is 9.52. The van der Waals surface area contributed by atoms with Gasteiger partial charge in [-0.05, 0) is 18.1 Å². The average molecular weight is 202 g/mol. The fraction of sp³-hybridized carbons (Fsp3) is 0.400. The lowest BCUT2D eigenvalue weighted by atomic mass is 10.0. The van der Waals surface area contributed by atoms with Gasteiger partial charge in [0.05, 0.1) is 6.61 Å². The van der Waals surface area contributed by atoms with Crippen LogP contribution in [0.25, 0.3) is 0 Å². The van der Waals surface area contributed by atoms with Crippen molar-refractivity contribution in [3.8, 4) is 0 Å². The van der Waals surface area contributed by atoms with Crippen molar-refractivity contribution in [2.24, 2.45) is 0 Å². The fourth-order valence-electron chi connectivity index (χ4n) is 1.65. The minimum atomic E-state index is -4.31. The van der Waals surface area contributed by atoms with Gasteiger partial charge in [0.15, 0.2) is 6.10 Å². The predicted molar refractivity (Wildman–Crippen MR) is 44.8 cm³/mol. The summed E-state index contributed by atoms with van der Waals surface area (Å²) in [5.41, 5.74) is 1.85. The Morgan fingerprint density at radius 2 is 2.07 bits per heavy atom. The van der Waals surface area contributed by atoms with E-state index in [0.717, 1.165) is 5.56 Å². The minimum Gasteiger partial charge on any atom is -0.359 e. The van der Waals surface area contributed by atoms with E-state index in [0.29, 0.717) is 5.56 Å². The summed E-state index contributed by atoms with van der Waals surface area (Å²) in [5.74, 6) is 0. The monoisotopic (exact) mass is 202 g/mol. The van der Waals surface area contributed by atoms with Crippen molar-refractivity contribution in [1.29, 1.82) is 0 Å². The van der Waals surface area contributed by atoms with Crippen LogP contribution >= 0.6 is 0 Å². The third-order valence-corrected chi connectivity index (χ3v) is 2.28. The molecule has 0 aliphatic carbocycles. The Morgan fingerprint density at radius 3 is 2.71 bits per heavy atom. The summed E-state index contributed by atoms with van der Waals surface area (Å²) >= 11 is 0. The molecule has 1 nitrogen and oxygen atoms in total. The summed E-state index contributed by atoms with van der Waals surface area (Å²) in [5, 5.41) is 0. The molecule has 0 N–H and O–H groups in total. The molecule has 2 rings (SSSR count). The van der Waals surface area contributed by atoms with E-state index < -0.39 is 12.3 Å². The van der Waals surface area contributed by atoms with Crippen molar-refractivity contribution in [3.63, 3.8) is 0 Å². The number of rotatable bonds is 0. The second-order valence-electron chi connectivity index (χ2n) is 3.43. The van der Waals surface area contributed by atoms with Crippen LogP contribution in [0.15, 0.2) is 18.2 Å². The van der Waals surface area contributed by atoms with E-state index in [1.165, 1.54) is 6.07 Å². The zero-order valence-corrected chi connectivity index (χ0v) is 7.56. The number of alkyl halides is 3. The van der Waals surface area contributed by atoms with Gasteiger partial charge in [-0.15, -0.1) is 0 Å². The van der Waals surface area contributed by atoms with Gasteiger partial charge in [-0.1, -0.05) is 23.8 Å². The molecule has 76 valence electrons. The summed E-state index contributed by atoms with van der Waals surface area (Å²) in [4.78, 5) is 0. The molecule has 0 fully saturated rings. The van der Waals surface area contributed by atoms with Gasteiger partial charge in [0.1, 0.15) is 0 Å². The largest absolute Gasteiger partial charge is 0.418 e. The van der Waals surface area contributed by atoms with E-state index in [9.17, 15) is 13.2 Å². The number of fused-ring (bicyclic) bond motifs is 1. The predicted octanol–water partition coefficient (Wildman–Crippen LogP) is 3.13. The van der Waals surface area contributed by atoms with Crippen LogP contribution in [0.2, 0.25) is 0 Å². The molecular weight excluding hydrogens is 193 g/mol. The second kappa shape index (κ2) is 2.98. The van der Waals surface area contributed by atoms with Crippen LogP contribution in [0.4, 0.5) is 13.2 Å². The number of ether oxygens (including phenoxy) is 1. The summed E-state index contributed by atoms with van der Waals surface area (Å²) in [6, 6.07) is 4.91. The van der Waals surface area contributed by atoms with E-state index in [1.54, 1.807) is 12.1 Å². The summed E-state index contributed by atoms with van der Waals surface area (Å²) in [7, 11) is 0. The van der Waals surface area contributed by atoms with Crippen LogP contribution in [0.1, 0.15) is 22.8 Å². The quantitative estimate of drug-likeness (QED) is 0.628. The SMILES string of the molecule is Cc1ccc2c(c1)COC2C(F)(F)F. The van der Waals surface area contributed by atoms with Gasteiger partial charge < -0.3 is 4.74 Å². The van der Waals surface area contributed by atoms with Crippen LogP contribution < -0.4 is 0 Å².